The van der Waals surface area contributed by atoms with Gasteiger partial charge in [0.2, 0.25) is 0 Å². The van der Waals surface area contributed by atoms with Crippen molar-refractivity contribution in [3.63, 3.8) is 0 Å². The molecule has 0 spiro atoms. The number of hydrogen-bond acceptors (Lipinski definition) is 3. The highest BCUT2D eigenvalue weighted by Crippen LogP contribution is 2.18. The molecule has 0 saturated heterocycles. The van der Waals surface area contributed by atoms with Crippen molar-refractivity contribution in [1.82, 2.24) is 4.83 Å². The first-order chi connectivity index (χ1) is 12.0. The Morgan fingerprint density at radius 2 is 1.36 bits per heavy atom. The van der Waals surface area contributed by atoms with Crippen LogP contribution in [-0.4, -0.2) is 14.1 Å². The Morgan fingerprint density at radius 3 is 1.92 bits per heavy atom. The molecule has 1 aromatic carbocycles. The van der Waals surface area contributed by atoms with Crippen LogP contribution in [0, 0.1) is 13.8 Å². The lowest BCUT2D eigenvalue weighted by molar-refractivity contribution is 0.554. The normalized spacial score (nSPS) is 18.1. The summed E-state index contributed by atoms with van der Waals surface area (Å²) in [6.45, 7) is 3.72. The van der Waals surface area contributed by atoms with Gasteiger partial charge in [-0.3, -0.25) is 0 Å². The van der Waals surface area contributed by atoms with Crippen LogP contribution in [0.4, 0.5) is 0 Å². The van der Waals surface area contributed by atoms with E-state index in [2.05, 4.69) is 9.93 Å². The number of aryl methyl sites for hydroxylation is 2. The van der Waals surface area contributed by atoms with E-state index < -0.39 is 10.0 Å². The molecule has 0 atom stereocenters. The Morgan fingerprint density at radius 1 is 0.840 bits per heavy atom. The second kappa shape index (κ2) is 9.95. The van der Waals surface area contributed by atoms with Crippen molar-refractivity contribution in [1.29, 1.82) is 0 Å². The van der Waals surface area contributed by atoms with Gasteiger partial charge in [0.1, 0.15) is 0 Å². The Balaban J connectivity index is 2.06. The third kappa shape index (κ3) is 6.81. The Bertz CT molecular complexity index is 667. The summed E-state index contributed by atoms with van der Waals surface area (Å²) in [5.74, 6) is 0. The zero-order valence-corrected chi connectivity index (χ0v) is 16.5. The molecule has 4 nitrogen and oxygen atoms in total. The predicted octanol–water partition coefficient (Wildman–Crippen LogP) is 5.24. The molecule has 0 amide bonds. The van der Waals surface area contributed by atoms with Crippen molar-refractivity contribution in [2.45, 2.75) is 89.4 Å². The maximum absolute atomic E-state index is 12.6. The number of sulfonamides is 1. The van der Waals surface area contributed by atoms with Gasteiger partial charge in [-0.05, 0) is 56.7 Å². The zero-order valence-electron chi connectivity index (χ0n) is 15.7. The summed E-state index contributed by atoms with van der Waals surface area (Å²) >= 11 is 0. The molecular formula is C20H32N2O2S. The van der Waals surface area contributed by atoms with Crippen molar-refractivity contribution in [2.75, 3.05) is 0 Å². The summed E-state index contributed by atoms with van der Waals surface area (Å²) in [5.41, 5.74) is 2.68. The fourth-order valence-corrected chi connectivity index (χ4v) is 4.48. The fourth-order valence-electron chi connectivity index (χ4n) is 3.30. The smallest absolute Gasteiger partial charge is 0.200 e. The number of benzene rings is 1. The summed E-state index contributed by atoms with van der Waals surface area (Å²) in [4.78, 5) is 2.81. The highest BCUT2D eigenvalue weighted by molar-refractivity contribution is 7.89. The van der Waals surface area contributed by atoms with Crippen LogP contribution in [0.3, 0.4) is 0 Å². The summed E-state index contributed by atoms with van der Waals surface area (Å²) < 4.78 is 25.2. The first-order valence-corrected chi connectivity index (χ1v) is 11.1. The number of nitrogens with one attached hydrogen (secondary N) is 1. The van der Waals surface area contributed by atoms with Gasteiger partial charge in [-0.1, -0.05) is 57.1 Å². The van der Waals surface area contributed by atoms with Crippen molar-refractivity contribution in [2.24, 2.45) is 5.10 Å². The summed E-state index contributed by atoms with van der Waals surface area (Å²) in [6, 6.07) is 5.47. The topological polar surface area (TPSA) is 58.5 Å². The predicted molar refractivity (Wildman–Crippen MR) is 104 cm³/mol. The van der Waals surface area contributed by atoms with E-state index in [0.717, 1.165) is 42.5 Å². The highest BCUT2D eigenvalue weighted by Gasteiger charge is 2.16. The second-order valence-electron chi connectivity index (χ2n) is 7.22. The molecule has 1 aromatic rings. The molecular weight excluding hydrogens is 332 g/mol. The molecule has 0 radical (unpaired) electrons. The molecule has 1 fully saturated rings. The van der Waals surface area contributed by atoms with E-state index in [1.54, 1.807) is 6.07 Å². The van der Waals surface area contributed by atoms with Crippen molar-refractivity contribution in [3.05, 3.63) is 29.3 Å². The van der Waals surface area contributed by atoms with Gasteiger partial charge in [0.15, 0.2) is 0 Å². The average molecular weight is 365 g/mol. The lowest BCUT2D eigenvalue weighted by Gasteiger charge is -2.11. The van der Waals surface area contributed by atoms with Gasteiger partial charge < -0.3 is 0 Å². The molecule has 0 aromatic heterocycles. The van der Waals surface area contributed by atoms with Crippen molar-refractivity contribution in [3.8, 4) is 0 Å². The summed E-state index contributed by atoms with van der Waals surface area (Å²) in [7, 11) is -3.60. The molecule has 1 aliphatic rings. The minimum Gasteiger partial charge on any atom is -0.200 e. The zero-order chi connectivity index (χ0) is 18.1. The van der Waals surface area contributed by atoms with E-state index in [-0.39, 0.29) is 0 Å². The number of rotatable bonds is 3. The highest BCUT2D eigenvalue weighted by atomic mass is 32.2. The Labute approximate surface area is 153 Å². The molecule has 0 unspecified atom stereocenters. The van der Waals surface area contributed by atoms with Gasteiger partial charge in [-0.15, -0.1) is 0 Å². The van der Waals surface area contributed by atoms with Gasteiger partial charge in [-0.2, -0.15) is 13.5 Å². The van der Waals surface area contributed by atoms with E-state index in [1.807, 2.05) is 26.0 Å². The lowest BCUT2D eigenvalue weighted by atomic mass is 10.00. The number of nitrogens with zero attached hydrogens (tertiary/aromatic N) is 1. The Kier molecular flexibility index (Phi) is 7.94. The van der Waals surface area contributed by atoms with Gasteiger partial charge in [0, 0.05) is 5.71 Å². The van der Waals surface area contributed by atoms with Crippen molar-refractivity contribution >= 4 is 15.7 Å². The maximum Gasteiger partial charge on any atom is 0.276 e. The molecule has 5 heteroatoms. The van der Waals surface area contributed by atoms with Gasteiger partial charge in [0.25, 0.3) is 10.0 Å². The van der Waals surface area contributed by atoms with Crippen LogP contribution in [-0.2, 0) is 10.0 Å². The molecule has 25 heavy (non-hydrogen) atoms. The molecule has 0 heterocycles. The molecule has 140 valence electrons. The van der Waals surface area contributed by atoms with E-state index in [9.17, 15) is 8.42 Å². The van der Waals surface area contributed by atoms with Crippen LogP contribution < -0.4 is 4.83 Å². The summed E-state index contributed by atoms with van der Waals surface area (Å²) in [6.07, 6.45) is 13.0. The minimum absolute atomic E-state index is 0.324. The van der Waals surface area contributed by atoms with E-state index >= 15 is 0 Å². The van der Waals surface area contributed by atoms with Crippen LogP contribution in [0.2, 0.25) is 0 Å². The molecule has 1 saturated carbocycles. The molecule has 2 rings (SSSR count). The van der Waals surface area contributed by atoms with E-state index in [0.29, 0.717) is 4.90 Å². The molecule has 0 bridgehead atoms. The lowest BCUT2D eigenvalue weighted by Crippen LogP contribution is -2.21. The standard InChI is InChI=1S/C20H32N2O2S/c1-17-14-15-18(2)20(16-17)25(23,24)22-21-19-12-10-8-6-4-3-5-7-9-11-13-19/h14-16,22H,3-13H2,1-2H3. The van der Waals surface area contributed by atoms with Gasteiger partial charge in [0.05, 0.1) is 4.90 Å². The summed E-state index contributed by atoms with van der Waals surface area (Å²) in [5, 5.41) is 4.31. The molecule has 1 N–H and O–H groups in total. The van der Waals surface area contributed by atoms with Crippen LogP contribution in [0.1, 0.15) is 81.8 Å². The first-order valence-electron chi connectivity index (χ1n) is 9.63. The average Bonchev–Trinajstić information content (AvgIpc) is 2.56. The van der Waals surface area contributed by atoms with Crippen LogP contribution >= 0.6 is 0 Å². The maximum atomic E-state index is 12.6. The Hall–Kier alpha value is -1.36. The largest absolute Gasteiger partial charge is 0.276 e. The quantitative estimate of drug-likeness (QED) is 0.745. The molecule has 1 aliphatic carbocycles. The second-order valence-corrected chi connectivity index (χ2v) is 8.85. The van der Waals surface area contributed by atoms with Gasteiger partial charge >= 0.3 is 0 Å². The van der Waals surface area contributed by atoms with Crippen LogP contribution in [0.5, 0.6) is 0 Å². The third-order valence-corrected chi connectivity index (χ3v) is 6.24. The number of hydrogen-bond donors (Lipinski definition) is 1. The van der Waals surface area contributed by atoms with Crippen molar-refractivity contribution < 1.29 is 8.42 Å². The third-order valence-electron chi connectivity index (χ3n) is 4.89. The number of hydrazone groups is 1. The minimum atomic E-state index is -3.60. The van der Waals surface area contributed by atoms with E-state index in [4.69, 9.17) is 0 Å². The van der Waals surface area contributed by atoms with E-state index in [1.165, 1.54) is 44.9 Å². The SMILES string of the molecule is Cc1ccc(C)c(S(=O)(=O)NN=C2CCCCCCCCCCC2)c1. The fraction of sp³-hybridized carbons (Fsp3) is 0.650. The van der Waals surface area contributed by atoms with Crippen LogP contribution in [0.25, 0.3) is 0 Å². The molecule has 0 aliphatic heterocycles. The monoisotopic (exact) mass is 364 g/mol. The first kappa shape index (κ1) is 20.0. The van der Waals surface area contributed by atoms with Crippen LogP contribution in [0.15, 0.2) is 28.2 Å². The van der Waals surface area contributed by atoms with Gasteiger partial charge in [-0.25, -0.2) is 4.83 Å².